The second-order valence-corrected chi connectivity index (χ2v) is 5.12. The van der Waals surface area contributed by atoms with Gasteiger partial charge >= 0.3 is 5.97 Å². The normalized spacial score (nSPS) is 17.4. The van der Waals surface area contributed by atoms with Crippen molar-refractivity contribution in [2.75, 3.05) is 5.32 Å². The number of aromatic nitrogens is 1. The Balaban J connectivity index is 1.57. The van der Waals surface area contributed by atoms with Gasteiger partial charge in [-0.3, -0.25) is 10.3 Å². The predicted octanol–water partition coefficient (Wildman–Crippen LogP) is 1.73. The highest BCUT2D eigenvalue weighted by Crippen LogP contribution is 2.26. The number of fused-ring (bicyclic) bond motifs is 1. The molecular formula is C13H13N3O2S. The molecule has 2 N–H and O–H groups in total. The Labute approximate surface area is 114 Å². The number of pyridine rings is 1. The topological polar surface area (TPSA) is 63.2 Å². The molecule has 98 valence electrons. The van der Waals surface area contributed by atoms with E-state index >= 15 is 0 Å². The van der Waals surface area contributed by atoms with Gasteiger partial charge in [0.25, 0.3) is 0 Å². The maximum Gasteiger partial charge on any atom is 0.344 e. The van der Waals surface area contributed by atoms with Crippen LogP contribution < -0.4 is 10.6 Å². The molecule has 0 radical (unpaired) electrons. The number of esters is 1. The molecule has 2 aromatic rings. The SMILES string of the molecule is O=C(OCc1cccnc1)C1NCc2ccsc2N1. The average Bonchev–Trinajstić information content (AvgIpc) is 2.93. The first-order valence-electron chi connectivity index (χ1n) is 5.95. The summed E-state index contributed by atoms with van der Waals surface area (Å²) in [5, 5.41) is 9.27. The fourth-order valence-electron chi connectivity index (χ4n) is 1.86. The summed E-state index contributed by atoms with van der Waals surface area (Å²) in [6.45, 7) is 0.919. The molecule has 0 spiro atoms. The molecule has 3 rings (SSSR count). The van der Waals surface area contributed by atoms with Crippen LogP contribution in [-0.4, -0.2) is 17.1 Å². The minimum Gasteiger partial charge on any atom is -0.458 e. The van der Waals surface area contributed by atoms with Gasteiger partial charge < -0.3 is 10.1 Å². The second-order valence-electron chi connectivity index (χ2n) is 4.20. The van der Waals surface area contributed by atoms with Crippen LogP contribution in [0.1, 0.15) is 11.1 Å². The van der Waals surface area contributed by atoms with Crippen molar-refractivity contribution >= 4 is 22.3 Å². The van der Waals surface area contributed by atoms with Crippen LogP contribution in [0.5, 0.6) is 0 Å². The van der Waals surface area contributed by atoms with Gasteiger partial charge in [-0.05, 0) is 17.5 Å². The molecule has 0 saturated carbocycles. The second kappa shape index (κ2) is 5.38. The highest BCUT2D eigenvalue weighted by molar-refractivity contribution is 7.14. The van der Waals surface area contributed by atoms with Crippen LogP contribution in [-0.2, 0) is 22.7 Å². The van der Waals surface area contributed by atoms with Gasteiger partial charge in [-0.2, -0.15) is 0 Å². The van der Waals surface area contributed by atoms with Crippen molar-refractivity contribution in [1.29, 1.82) is 0 Å². The Hall–Kier alpha value is -1.92. The van der Waals surface area contributed by atoms with Gasteiger partial charge in [0.15, 0.2) is 6.17 Å². The third-order valence-electron chi connectivity index (χ3n) is 2.86. The summed E-state index contributed by atoms with van der Waals surface area (Å²) in [6, 6.07) is 5.73. The molecule has 3 heterocycles. The molecule has 0 bridgehead atoms. The van der Waals surface area contributed by atoms with Crippen molar-refractivity contribution in [3.63, 3.8) is 0 Å². The van der Waals surface area contributed by atoms with Crippen LogP contribution in [0.25, 0.3) is 0 Å². The molecule has 19 heavy (non-hydrogen) atoms. The summed E-state index contributed by atoms with van der Waals surface area (Å²) in [7, 11) is 0. The maximum atomic E-state index is 11.9. The lowest BCUT2D eigenvalue weighted by Crippen LogP contribution is -2.46. The number of hydrogen-bond donors (Lipinski definition) is 2. The number of nitrogens with one attached hydrogen (secondary N) is 2. The van der Waals surface area contributed by atoms with Gasteiger partial charge in [-0.15, -0.1) is 11.3 Å². The van der Waals surface area contributed by atoms with Crippen LogP contribution in [0.4, 0.5) is 5.00 Å². The van der Waals surface area contributed by atoms with Crippen molar-refractivity contribution in [3.8, 4) is 0 Å². The molecule has 1 aliphatic heterocycles. The summed E-state index contributed by atoms with van der Waals surface area (Å²) in [4.78, 5) is 15.9. The van der Waals surface area contributed by atoms with E-state index in [0.29, 0.717) is 6.54 Å². The summed E-state index contributed by atoms with van der Waals surface area (Å²) in [6.07, 6.45) is 2.89. The molecule has 1 atom stereocenters. The van der Waals surface area contributed by atoms with E-state index in [1.165, 1.54) is 5.56 Å². The smallest absolute Gasteiger partial charge is 0.344 e. The Kier molecular flexibility index (Phi) is 3.43. The molecule has 0 fully saturated rings. The standard InChI is InChI=1S/C13H13N3O2S/c17-13(18-8-9-2-1-4-14-6-9)11-15-7-10-3-5-19-12(10)16-11/h1-6,11,15-16H,7-8H2. The van der Waals surface area contributed by atoms with Crippen LogP contribution >= 0.6 is 11.3 Å². The third kappa shape index (κ3) is 2.74. The fraction of sp³-hybridized carbons (Fsp3) is 0.231. The van der Waals surface area contributed by atoms with E-state index in [2.05, 4.69) is 15.6 Å². The number of carbonyl (C=O) groups excluding carboxylic acids is 1. The zero-order chi connectivity index (χ0) is 13.1. The quantitative estimate of drug-likeness (QED) is 0.835. The Morgan fingerprint density at radius 1 is 1.53 bits per heavy atom. The molecule has 1 unspecified atom stereocenters. The van der Waals surface area contributed by atoms with Crippen LogP contribution in [0.2, 0.25) is 0 Å². The first-order chi connectivity index (χ1) is 9.33. The van der Waals surface area contributed by atoms with Gasteiger partial charge in [0, 0.05) is 30.1 Å². The maximum absolute atomic E-state index is 11.9. The highest BCUT2D eigenvalue weighted by atomic mass is 32.1. The summed E-state index contributed by atoms with van der Waals surface area (Å²) in [5.41, 5.74) is 2.06. The van der Waals surface area contributed by atoms with Crippen LogP contribution in [0.3, 0.4) is 0 Å². The molecule has 6 heteroatoms. The minimum absolute atomic E-state index is 0.240. The van der Waals surface area contributed by atoms with Crippen molar-refractivity contribution in [3.05, 3.63) is 47.1 Å². The summed E-state index contributed by atoms with van der Waals surface area (Å²) >= 11 is 1.59. The van der Waals surface area contributed by atoms with E-state index < -0.39 is 6.17 Å². The molecule has 0 aliphatic carbocycles. The number of hydrogen-bond acceptors (Lipinski definition) is 6. The van der Waals surface area contributed by atoms with Gasteiger partial charge in [-0.1, -0.05) is 6.07 Å². The lowest BCUT2D eigenvalue weighted by molar-refractivity contribution is -0.146. The molecular weight excluding hydrogens is 262 g/mol. The first kappa shape index (κ1) is 12.1. The number of thiophene rings is 1. The van der Waals surface area contributed by atoms with Gasteiger partial charge in [-0.25, -0.2) is 4.79 Å². The lowest BCUT2D eigenvalue weighted by Gasteiger charge is -2.24. The van der Waals surface area contributed by atoms with Crippen molar-refractivity contribution in [2.45, 2.75) is 19.3 Å². The molecule has 0 saturated heterocycles. The average molecular weight is 275 g/mol. The highest BCUT2D eigenvalue weighted by Gasteiger charge is 2.25. The number of anilines is 1. The van der Waals surface area contributed by atoms with Crippen molar-refractivity contribution < 1.29 is 9.53 Å². The van der Waals surface area contributed by atoms with Gasteiger partial charge in [0.2, 0.25) is 0 Å². The molecule has 0 amide bonds. The van der Waals surface area contributed by atoms with Gasteiger partial charge in [0.05, 0.1) is 5.00 Å². The Morgan fingerprint density at radius 2 is 2.47 bits per heavy atom. The number of nitrogens with zero attached hydrogens (tertiary/aromatic N) is 1. The lowest BCUT2D eigenvalue weighted by atomic mass is 10.2. The molecule has 2 aromatic heterocycles. The van der Waals surface area contributed by atoms with E-state index in [0.717, 1.165) is 10.6 Å². The molecule has 1 aliphatic rings. The zero-order valence-corrected chi connectivity index (χ0v) is 10.9. The Morgan fingerprint density at radius 3 is 3.32 bits per heavy atom. The monoisotopic (exact) mass is 275 g/mol. The number of carbonyl (C=O) groups is 1. The number of ether oxygens (including phenoxy) is 1. The summed E-state index contributed by atoms with van der Waals surface area (Å²) < 4.78 is 5.26. The zero-order valence-electron chi connectivity index (χ0n) is 10.1. The van der Waals surface area contributed by atoms with Crippen LogP contribution in [0, 0.1) is 0 Å². The van der Waals surface area contributed by atoms with Gasteiger partial charge in [0.1, 0.15) is 6.61 Å². The first-order valence-corrected chi connectivity index (χ1v) is 6.83. The molecule has 5 nitrogen and oxygen atoms in total. The minimum atomic E-state index is -0.483. The van der Waals surface area contributed by atoms with E-state index in [-0.39, 0.29) is 12.6 Å². The molecule has 0 aromatic carbocycles. The third-order valence-corrected chi connectivity index (χ3v) is 3.75. The van der Waals surface area contributed by atoms with E-state index in [9.17, 15) is 4.79 Å². The summed E-state index contributed by atoms with van der Waals surface area (Å²) in [5.74, 6) is -0.303. The predicted molar refractivity (Wildman–Crippen MR) is 72.6 cm³/mol. The van der Waals surface area contributed by atoms with E-state index in [1.807, 2.05) is 23.6 Å². The Bertz CT molecular complexity index is 570. The number of rotatable bonds is 3. The van der Waals surface area contributed by atoms with E-state index in [4.69, 9.17) is 4.74 Å². The van der Waals surface area contributed by atoms with Crippen molar-refractivity contribution in [1.82, 2.24) is 10.3 Å². The fourth-order valence-corrected chi connectivity index (χ4v) is 2.71. The van der Waals surface area contributed by atoms with Crippen LogP contribution in [0.15, 0.2) is 36.0 Å². The largest absolute Gasteiger partial charge is 0.458 e. The van der Waals surface area contributed by atoms with Crippen molar-refractivity contribution in [2.24, 2.45) is 0 Å². The van der Waals surface area contributed by atoms with E-state index in [1.54, 1.807) is 23.7 Å².